The number of nitrogens with one attached hydrogen (secondary N) is 1. The second-order valence-corrected chi connectivity index (χ2v) is 3.14. The number of carbonyl (C=O) groups excluding carboxylic acids is 1. The summed E-state index contributed by atoms with van der Waals surface area (Å²) in [5, 5.41) is 10.7. The Hall–Kier alpha value is -2.44. The zero-order valence-electron chi connectivity index (χ0n) is 9.07. The predicted molar refractivity (Wildman–Crippen MR) is 58.5 cm³/mol. The van der Waals surface area contributed by atoms with Crippen molar-refractivity contribution in [3.05, 3.63) is 42.0 Å². The maximum Gasteiger partial charge on any atom is 0.411 e. The third-order valence-corrected chi connectivity index (χ3v) is 1.84. The molecule has 0 radical (unpaired) electrons. The molecule has 7 heteroatoms. The Morgan fingerprint density at radius 2 is 2.11 bits per heavy atom. The first-order chi connectivity index (χ1) is 8.45. The van der Waals surface area contributed by atoms with Gasteiger partial charge in [0.15, 0.2) is 11.6 Å². The van der Waals surface area contributed by atoms with Crippen LogP contribution in [0, 0.1) is 11.6 Å². The van der Waals surface area contributed by atoms with Gasteiger partial charge in [-0.05, 0) is 6.07 Å². The molecule has 0 aliphatic rings. The first-order valence-corrected chi connectivity index (χ1v) is 4.72. The van der Waals surface area contributed by atoms with E-state index in [1.165, 1.54) is 6.08 Å². The highest BCUT2D eigenvalue weighted by atomic mass is 19.2. The van der Waals surface area contributed by atoms with Crippen LogP contribution in [0.1, 0.15) is 10.4 Å². The topological polar surface area (TPSA) is 75.6 Å². The van der Waals surface area contributed by atoms with Crippen LogP contribution in [0.25, 0.3) is 0 Å². The lowest BCUT2D eigenvalue weighted by atomic mass is 10.2. The minimum absolute atomic E-state index is 0.0682. The number of carboxylic acids is 1. The van der Waals surface area contributed by atoms with Crippen LogP contribution in [0.15, 0.2) is 24.8 Å². The van der Waals surface area contributed by atoms with Crippen molar-refractivity contribution in [1.29, 1.82) is 0 Å². The quantitative estimate of drug-likeness (QED) is 0.812. The number of hydrogen-bond acceptors (Lipinski definition) is 3. The normalized spacial score (nSPS) is 9.67. The van der Waals surface area contributed by atoms with Gasteiger partial charge in [0.05, 0.1) is 0 Å². The van der Waals surface area contributed by atoms with Crippen LogP contribution in [-0.4, -0.2) is 23.8 Å². The number of ether oxygens (including phenoxy) is 1. The molecule has 5 nitrogen and oxygen atoms in total. The summed E-state index contributed by atoms with van der Waals surface area (Å²) < 4.78 is 30.6. The molecule has 1 aromatic rings. The Balaban J connectivity index is 2.94. The molecule has 0 heterocycles. The predicted octanol–water partition coefficient (Wildman–Crippen LogP) is 2.40. The fourth-order valence-electron chi connectivity index (χ4n) is 1.11. The molecule has 0 atom stereocenters. The molecule has 1 amide bonds. The van der Waals surface area contributed by atoms with Gasteiger partial charge in [-0.1, -0.05) is 12.7 Å². The van der Waals surface area contributed by atoms with E-state index in [-0.39, 0.29) is 12.3 Å². The van der Waals surface area contributed by atoms with E-state index >= 15 is 0 Å². The Morgan fingerprint density at radius 3 is 2.67 bits per heavy atom. The standard InChI is InChI=1S/C11H9F2NO4/c1-2-3-18-11(17)14-6-4-7(10(15)16)9(13)8(12)5-6/h2,4-5H,1,3H2,(H,14,17)(H,15,16). The zero-order chi connectivity index (χ0) is 13.7. The number of carbonyl (C=O) groups is 2. The summed E-state index contributed by atoms with van der Waals surface area (Å²) in [5.41, 5.74) is -1.10. The number of benzene rings is 1. The SMILES string of the molecule is C=CCOC(=O)Nc1cc(F)c(F)c(C(=O)O)c1. The third kappa shape index (κ3) is 3.27. The smallest absolute Gasteiger partial charge is 0.411 e. The summed E-state index contributed by atoms with van der Waals surface area (Å²) in [4.78, 5) is 21.7. The molecule has 1 aromatic carbocycles. The lowest BCUT2D eigenvalue weighted by Gasteiger charge is -2.07. The second kappa shape index (κ2) is 5.76. The molecule has 0 aliphatic heterocycles. The Morgan fingerprint density at radius 1 is 1.44 bits per heavy atom. The monoisotopic (exact) mass is 257 g/mol. The van der Waals surface area contributed by atoms with Crippen molar-refractivity contribution in [2.24, 2.45) is 0 Å². The maximum atomic E-state index is 13.1. The summed E-state index contributed by atoms with van der Waals surface area (Å²) in [6.07, 6.45) is 0.380. The van der Waals surface area contributed by atoms with E-state index in [0.717, 1.165) is 6.07 Å². The zero-order valence-corrected chi connectivity index (χ0v) is 9.07. The highest BCUT2D eigenvalue weighted by molar-refractivity contribution is 5.91. The molecule has 0 bridgehead atoms. The van der Waals surface area contributed by atoms with Crippen molar-refractivity contribution in [3.8, 4) is 0 Å². The highest BCUT2D eigenvalue weighted by Gasteiger charge is 2.17. The van der Waals surface area contributed by atoms with Crippen molar-refractivity contribution in [2.75, 3.05) is 11.9 Å². The van der Waals surface area contributed by atoms with Crippen molar-refractivity contribution >= 4 is 17.7 Å². The third-order valence-electron chi connectivity index (χ3n) is 1.84. The summed E-state index contributed by atoms with van der Waals surface area (Å²) in [6, 6.07) is 1.44. The molecule has 0 saturated carbocycles. The van der Waals surface area contributed by atoms with Gasteiger partial charge >= 0.3 is 12.1 Å². The molecule has 0 saturated heterocycles. The Labute approximate surface area is 101 Å². The van der Waals surface area contributed by atoms with Gasteiger partial charge in [0, 0.05) is 11.8 Å². The Kier molecular flexibility index (Phi) is 4.36. The fourth-order valence-corrected chi connectivity index (χ4v) is 1.11. The van der Waals surface area contributed by atoms with Gasteiger partial charge in [0.2, 0.25) is 0 Å². The van der Waals surface area contributed by atoms with Crippen LogP contribution in [0.2, 0.25) is 0 Å². The summed E-state index contributed by atoms with van der Waals surface area (Å²) in [5.74, 6) is -4.52. The number of aromatic carboxylic acids is 1. The van der Waals surface area contributed by atoms with Gasteiger partial charge in [0.25, 0.3) is 0 Å². The Bertz CT molecular complexity index is 502. The molecule has 0 spiro atoms. The molecule has 1 rings (SSSR count). The average Bonchev–Trinajstić information content (AvgIpc) is 2.30. The molecule has 0 unspecified atom stereocenters. The first-order valence-electron chi connectivity index (χ1n) is 4.72. The minimum Gasteiger partial charge on any atom is -0.478 e. The van der Waals surface area contributed by atoms with Gasteiger partial charge in [0.1, 0.15) is 12.2 Å². The molecule has 0 aromatic heterocycles. The van der Waals surface area contributed by atoms with Crippen molar-refractivity contribution in [2.45, 2.75) is 0 Å². The van der Waals surface area contributed by atoms with E-state index in [0.29, 0.717) is 6.07 Å². The van der Waals surface area contributed by atoms with Gasteiger partial charge in [-0.25, -0.2) is 18.4 Å². The van der Waals surface area contributed by atoms with Crippen molar-refractivity contribution < 1.29 is 28.2 Å². The van der Waals surface area contributed by atoms with Gasteiger partial charge in [-0.3, -0.25) is 5.32 Å². The number of halogens is 2. The molecular formula is C11H9F2NO4. The van der Waals surface area contributed by atoms with Crippen molar-refractivity contribution in [1.82, 2.24) is 0 Å². The van der Waals surface area contributed by atoms with Crippen LogP contribution >= 0.6 is 0 Å². The van der Waals surface area contributed by atoms with E-state index < -0.39 is 29.3 Å². The summed E-state index contributed by atoms with van der Waals surface area (Å²) in [7, 11) is 0. The molecule has 96 valence electrons. The summed E-state index contributed by atoms with van der Waals surface area (Å²) >= 11 is 0. The van der Waals surface area contributed by atoms with Crippen LogP contribution in [0.4, 0.5) is 19.3 Å². The molecule has 0 aliphatic carbocycles. The van der Waals surface area contributed by atoms with Crippen LogP contribution in [0.5, 0.6) is 0 Å². The van der Waals surface area contributed by atoms with E-state index in [1.807, 2.05) is 0 Å². The van der Waals surface area contributed by atoms with Gasteiger partial charge in [-0.2, -0.15) is 0 Å². The van der Waals surface area contributed by atoms with Crippen LogP contribution < -0.4 is 5.32 Å². The number of anilines is 1. The lowest BCUT2D eigenvalue weighted by Crippen LogP contribution is -2.15. The molecule has 18 heavy (non-hydrogen) atoms. The van der Waals surface area contributed by atoms with E-state index in [2.05, 4.69) is 16.6 Å². The minimum atomic E-state index is -1.64. The van der Waals surface area contributed by atoms with E-state index in [9.17, 15) is 18.4 Å². The number of amides is 1. The molecular weight excluding hydrogens is 248 g/mol. The largest absolute Gasteiger partial charge is 0.478 e. The summed E-state index contributed by atoms with van der Waals surface area (Å²) in [6.45, 7) is 3.24. The first kappa shape index (κ1) is 13.6. The fraction of sp³-hybridized carbons (Fsp3) is 0.0909. The number of carboxylic acid groups (broad SMARTS) is 1. The van der Waals surface area contributed by atoms with E-state index in [4.69, 9.17) is 5.11 Å². The van der Waals surface area contributed by atoms with Gasteiger partial charge in [-0.15, -0.1) is 0 Å². The maximum absolute atomic E-state index is 13.1. The van der Waals surface area contributed by atoms with Crippen LogP contribution in [0.3, 0.4) is 0 Å². The molecule has 2 N–H and O–H groups in total. The van der Waals surface area contributed by atoms with Crippen LogP contribution in [-0.2, 0) is 4.74 Å². The lowest BCUT2D eigenvalue weighted by molar-refractivity contribution is 0.0690. The van der Waals surface area contributed by atoms with Gasteiger partial charge < -0.3 is 9.84 Å². The molecule has 0 fully saturated rings. The average molecular weight is 257 g/mol. The van der Waals surface area contributed by atoms with Crippen molar-refractivity contribution in [3.63, 3.8) is 0 Å². The number of hydrogen-bond donors (Lipinski definition) is 2. The van der Waals surface area contributed by atoms with E-state index in [1.54, 1.807) is 0 Å². The number of rotatable bonds is 4. The highest BCUT2D eigenvalue weighted by Crippen LogP contribution is 2.19. The second-order valence-electron chi connectivity index (χ2n) is 3.14.